The smallest absolute Gasteiger partial charge is 0.143 e. The number of nitrogens with two attached hydrogens (primary N) is 1. The second-order valence-corrected chi connectivity index (χ2v) is 7.06. The fourth-order valence-corrected chi connectivity index (χ4v) is 5.26. The maximum Gasteiger partial charge on any atom is 0.143 e. The van der Waals surface area contributed by atoms with Crippen molar-refractivity contribution in [3.8, 4) is 0 Å². The number of hydrogen-bond donors (Lipinski definition) is 2. The summed E-state index contributed by atoms with van der Waals surface area (Å²) in [6.45, 7) is 2.03. The minimum Gasteiger partial charge on any atom is -0.308 e. The summed E-state index contributed by atoms with van der Waals surface area (Å²) in [6, 6.07) is 1.92. The minimum atomic E-state index is 0.256. The van der Waals surface area contributed by atoms with E-state index in [1.807, 2.05) is 13.0 Å². The summed E-state index contributed by atoms with van der Waals surface area (Å²) in [5, 5.41) is 0. The number of hydrazine groups is 1. The molecule has 4 aliphatic rings. The Labute approximate surface area is 114 Å². The number of aromatic nitrogens is 2. The molecule has 0 radical (unpaired) electrons. The van der Waals surface area contributed by atoms with Gasteiger partial charge in [-0.15, -0.1) is 0 Å². The van der Waals surface area contributed by atoms with E-state index in [0.717, 1.165) is 35.1 Å². The molecule has 0 amide bonds. The van der Waals surface area contributed by atoms with E-state index in [0.29, 0.717) is 0 Å². The Hall–Kier alpha value is -1.16. The second kappa shape index (κ2) is 3.92. The van der Waals surface area contributed by atoms with Crippen molar-refractivity contribution in [3.05, 3.63) is 17.6 Å². The Balaban J connectivity index is 1.77. The van der Waals surface area contributed by atoms with Crippen molar-refractivity contribution in [1.29, 1.82) is 0 Å². The zero-order valence-electron chi connectivity index (χ0n) is 11.5. The molecule has 3 N–H and O–H groups in total. The van der Waals surface area contributed by atoms with Gasteiger partial charge in [0.15, 0.2) is 0 Å². The summed E-state index contributed by atoms with van der Waals surface area (Å²) in [5.74, 6) is 10.1. The normalized spacial score (nSPS) is 39.6. The molecule has 4 bridgehead atoms. The molecule has 0 atom stereocenters. The fraction of sp³-hybridized carbons (Fsp3) is 0.733. The van der Waals surface area contributed by atoms with Crippen LogP contribution in [0.25, 0.3) is 0 Å². The monoisotopic (exact) mass is 258 g/mol. The SMILES string of the molecule is Cc1cc(NN)nc(C23CC4CC(CC(C4)C2)C3)n1. The molecular weight excluding hydrogens is 236 g/mol. The Morgan fingerprint density at radius 2 is 1.68 bits per heavy atom. The highest BCUT2D eigenvalue weighted by Crippen LogP contribution is 2.60. The van der Waals surface area contributed by atoms with Crippen molar-refractivity contribution in [3.63, 3.8) is 0 Å². The Morgan fingerprint density at radius 3 is 2.21 bits per heavy atom. The van der Waals surface area contributed by atoms with Gasteiger partial charge in [-0.1, -0.05) is 0 Å². The molecule has 4 nitrogen and oxygen atoms in total. The topological polar surface area (TPSA) is 63.8 Å². The van der Waals surface area contributed by atoms with E-state index in [1.54, 1.807) is 0 Å². The van der Waals surface area contributed by atoms with E-state index >= 15 is 0 Å². The zero-order chi connectivity index (χ0) is 13.0. The number of nitrogen functional groups attached to an aromatic ring is 1. The first-order chi connectivity index (χ1) is 9.17. The summed E-state index contributed by atoms with van der Waals surface area (Å²) < 4.78 is 0. The standard InChI is InChI=1S/C15H22N4/c1-9-2-13(19-16)18-14(17-9)15-6-10-3-11(7-15)5-12(4-10)8-15/h2,10-12H,3-8,16H2,1H3,(H,17,18,19). The molecule has 102 valence electrons. The van der Waals surface area contributed by atoms with Crippen LogP contribution in [0.5, 0.6) is 0 Å². The van der Waals surface area contributed by atoms with Gasteiger partial charge >= 0.3 is 0 Å². The molecule has 1 aromatic heterocycles. The lowest BCUT2D eigenvalue weighted by Gasteiger charge is -2.56. The predicted octanol–water partition coefficient (Wildman–Crippen LogP) is 2.54. The van der Waals surface area contributed by atoms with Crippen LogP contribution < -0.4 is 11.3 Å². The van der Waals surface area contributed by atoms with Gasteiger partial charge in [0.1, 0.15) is 11.6 Å². The molecule has 19 heavy (non-hydrogen) atoms. The maximum atomic E-state index is 5.54. The molecular formula is C15H22N4. The van der Waals surface area contributed by atoms with Gasteiger partial charge in [0.05, 0.1) is 0 Å². The van der Waals surface area contributed by atoms with Crippen LogP contribution in [0.4, 0.5) is 5.82 Å². The molecule has 1 aromatic rings. The predicted molar refractivity (Wildman–Crippen MR) is 74.4 cm³/mol. The summed E-state index contributed by atoms with van der Waals surface area (Å²) in [5.41, 5.74) is 3.97. The van der Waals surface area contributed by atoms with E-state index in [9.17, 15) is 0 Å². The number of rotatable bonds is 2. The van der Waals surface area contributed by atoms with Gasteiger partial charge in [-0.05, 0) is 63.2 Å². The van der Waals surface area contributed by atoms with Crippen molar-refractivity contribution >= 4 is 5.82 Å². The van der Waals surface area contributed by atoms with Gasteiger partial charge < -0.3 is 5.43 Å². The van der Waals surface area contributed by atoms with E-state index in [4.69, 9.17) is 15.8 Å². The van der Waals surface area contributed by atoms with Gasteiger partial charge in [-0.2, -0.15) is 0 Å². The number of nitrogens with one attached hydrogen (secondary N) is 1. The molecule has 0 saturated heterocycles. The van der Waals surface area contributed by atoms with Crippen molar-refractivity contribution in [2.45, 2.75) is 50.9 Å². The number of anilines is 1. The van der Waals surface area contributed by atoms with Crippen LogP contribution in [0.3, 0.4) is 0 Å². The molecule has 0 aliphatic heterocycles. The first-order valence-corrected chi connectivity index (χ1v) is 7.50. The van der Waals surface area contributed by atoms with Gasteiger partial charge in [-0.25, -0.2) is 15.8 Å². The third-order valence-electron chi connectivity index (χ3n) is 5.51. The van der Waals surface area contributed by atoms with Gasteiger partial charge in [0.25, 0.3) is 0 Å². The van der Waals surface area contributed by atoms with E-state index in [1.165, 1.54) is 38.5 Å². The lowest BCUT2D eigenvalue weighted by Crippen LogP contribution is -2.49. The van der Waals surface area contributed by atoms with Crippen LogP contribution in [0, 0.1) is 24.7 Å². The fourth-order valence-electron chi connectivity index (χ4n) is 5.26. The van der Waals surface area contributed by atoms with Crippen LogP contribution >= 0.6 is 0 Å². The first kappa shape index (κ1) is 11.6. The quantitative estimate of drug-likeness (QED) is 0.632. The lowest BCUT2D eigenvalue weighted by molar-refractivity contribution is -0.00940. The zero-order valence-corrected chi connectivity index (χ0v) is 11.5. The highest BCUT2D eigenvalue weighted by Gasteiger charge is 2.53. The molecule has 4 heteroatoms. The van der Waals surface area contributed by atoms with Gasteiger partial charge in [0, 0.05) is 17.2 Å². The molecule has 0 aromatic carbocycles. The lowest BCUT2D eigenvalue weighted by atomic mass is 9.49. The number of hydrogen-bond acceptors (Lipinski definition) is 4. The average Bonchev–Trinajstić information content (AvgIpc) is 2.36. The number of aryl methyl sites for hydroxylation is 1. The first-order valence-electron chi connectivity index (χ1n) is 7.50. The third-order valence-corrected chi connectivity index (χ3v) is 5.51. The summed E-state index contributed by atoms with van der Waals surface area (Å²) >= 11 is 0. The summed E-state index contributed by atoms with van der Waals surface area (Å²) in [6.07, 6.45) is 8.25. The van der Waals surface area contributed by atoms with Crippen molar-refractivity contribution < 1.29 is 0 Å². The number of nitrogens with zero attached hydrogens (tertiary/aromatic N) is 2. The van der Waals surface area contributed by atoms with E-state index < -0.39 is 0 Å². The van der Waals surface area contributed by atoms with Crippen LogP contribution in [-0.4, -0.2) is 9.97 Å². The summed E-state index contributed by atoms with van der Waals surface area (Å²) in [4.78, 5) is 9.46. The van der Waals surface area contributed by atoms with Crippen LogP contribution in [0.1, 0.15) is 50.0 Å². The Bertz CT molecular complexity index is 476. The second-order valence-electron chi connectivity index (χ2n) is 7.06. The molecule has 0 spiro atoms. The third kappa shape index (κ3) is 1.76. The van der Waals surface area contributed by atoms with Crippen molar-refractivity contribution in [2.75, 3.05) is 5.43 Å². The largest absolute Gasteiger partial charge is 0.308 e. The van der Waals surface area contributed by atoms with Crippen LogP contribution in [0.15, 0.2) is 6.07 Å². The highest BCUT2D eigenvalue weighted by molar-refractivity contribution is 5.36. The van der Waals surface area contributed by atoms with Gasteiger partial charge in [-0.3, -0.25) is 0 Å². The van der Waals surface area contributed by atoms with Crippen molar-refractivity contribution in [1.82, 2.24) is 9.97 Å². The molecule has 4 aliphatic carbocycles. The minimum absolute atomic E-state index is 0.256. The molecule has 5 rings (SSSR count). The molecule has 4 saturated carbocycles. The Kier molecular flexibility index (Phi) is 2.40. The highest BCUT2D eigenvalue weighted by atomic mass is 15.3. The average molecular weight is 258 g/mol. The van der Waals surface area contributed by atoms with Crippen molar-refractivity contribution in [2.24, 2.45) is 23.6 Å². The van der Waals surface area contributed by atoms with Crippen LogP contribution in [-0.2, 0) is 5.41 Å². The molecule has 1 heterocycles. The molecule has 4 fully saturated rings. The molecule has 0 unspecified atom stereocenters. The Morgan fingerprint density at radius 1 is 1.11 bits per heavy atom. The maximum absolute atomic E-state index is 5.54. The summed E-state index contributed by atoms with van der Waals surface area (Å²) in [7, 11) is 0. The van der Waals surface area contributed by atoms with Gasteiger partial charge in [0.2, 0.25) is 0 Å². The van der Waals surface area contributed by atoms with Crippen LogP contribution in [0.2, 0.25) is 0 Å². The van der Waals surface area contributed by atoms with E-state index in [2.05, 4.69) is 5.43 Å². The van der Waals surface area contributed by atoms with E-state index in [-0.39, 0.29) is 5.41 Å².